The van der Waals surface area contributed by atoms with Crippen LogP contribution in [0.5, 0.6) is 5.75 Å². The summed E-state index contributed by atoms with van der Waals surface area (Å²) in [6.07, 6.45) is 1.92. The van der Waals surface area contributed by atoms with Gasteiger partial charge >= 0.3 is 5.97 Å². The van der Waals surface area contributed by atoms with Gasteiger partial charge < -0.3 is 9.47 Å². The van der Waals surface area contributed by atoms with Gasteiger partial charge in [0, 0.05) is 6.04 Å². The van der Waals surface area contributed by atoms with Crippen molar-refractivity contribution in [3.8, 4) is 5.75 Å². The molecule has 4 heteroatoms. The van der Waals surface area contributed by atoms with Gasteiger partial charge in [-0.1, -0.05) is 40.7 Å². The molecule has 0 heterocycles. The van der Waals surface area contributed by atoms with E-state index in [2.05, 4.69) is 32.6 Å². The number of carbonyl (C=O) groups excluding carboxylic acids is 1. The summed E-state index contributed by atoms with van der Waals surface area (Å²) in [6.45, 7) is 15.7. The molecule has 0 aliphatic carbocycles. The van der Waals surface area contributed by atoms with Crippen LogP contribution in [0, 0.1) is 12.8 Å². The molecule has 0 bridgehead atoms. The average molecular weight is 350 g/mol. The molecule has 1 aromatic rings. The second-order valence-electron chi connectivity index (χ2n) is 6.95. The Morgan fingerprint density at radius 3 is 2.40 bits per heavy atom. The third-order valence-corrected chi connectivity index (χ3v) is 4.30. The normalized spacial score (nSPS) is 12.5. The van der Waals surface area contributed by atoms with Crippen molar-refractivity contribution < 1.29 is 14.3 Å². The Balaban J connectivity index is 2.82. The van der Waals surface area contributed by atoms with Crippen molar-refractivity contribution in [2.45, 2.75) is 60.4 Å². The maximum Gasteiger partial charge on any atom is 0.341 e. The maximum atomic E-state index is 12.6. The summed E-state index contributed by atoms with van der Waals surface area (Å²) in [5, 5.41) is 0. The first-order valence-electron chi connectivity index (χ1n) is 9.57. The Hall–Kier alpha value is -1.55. The lowest BCUT2D eigenvalue weighted by atomic mass is 10.0. The van der Waals surface area contributed by atoms with E-state index in [0.29, 0.717) is 30.4 Å². The van der Waals surface area contributed by atoms with Crippen LogP contribution in [0.1, 0.15) is 63.4 Å². The molecule has 0 fully saturated rings. The highest BCUT2D eigenvalue weighted by atomic mass is 16.5. The van der Waals surface area contributed by atoms with Crippen LogP contribution in [0.2, 0.25) is 0 Å². The predicted molar refractivity (Wildman–Crippen MR) is 103 cm³/mol. The Labute approximate surface area is 153 Å². The second kappa shape index (κ2) is 11.1. The second-order valence-corrected chi connectivity index (χ2v) is 6.95. The molecular weight excluding hydrogens is 314 g/mol. The number of aryl methyl sites for hydroxylation is 1. The lowest BCUT2D eigenvalue weighted by molar-refractivity contribution is 0.0327. The van der Waals surface area contributed by atoms with E-state index in [1.54, 1.807) is 6.07 Å². The van der Waals surface area contributed by atoms with Gasteiger partial charge in [-0.3, -0.25) is 4.90 Å². The summed E-state index contributed by atoms with van der Waals surface area (Å²) < 4.78 is 11.4. The molecule has 0 spiro atoms. The summed E-state index contributed by atoms with van der Waals surface area (Å²) in [4.78, 5) is 15.0. The highest BCUT2D eigenvalue weighted by Gasteiger charge is 2.21. The number of likely N-dealkylation sites (N-methyl/N-ethyl adjacent to an activating group) is 1. The molecule has 1 rings (SSSR count). The standard InChI is InChI=1S/C21H35NO3/c1-7-12-24-20-14-17(6)10-11-19(20)21(23)25-15-18(13-16(4)5)22(8-2)9-3/h10-11,14,16,18H,7-9,12-13,15H2,1-6H3/t18-/m0/s1. The highest BCUT2D eigenvalue weighted by Crippen LogP contribution is 2.22. The number of esters is 1. The minimum absolute atomic E-state index is 0.254. The predicted octanol–water partition coefficient (Wildman–Crippen LogP) is 4.70. The van der Waals surface area contributed by atoms with Gasteiger partial charge in [0.2, 0.25) is 0 Å². The van der Waals surface area contributed by atoms with Gasteiger partial charge in [0.15, 0.2) is 0 Å². The molecular formula is C21H35NO3. The summed E-state index contributed by atoms with van der Waals surface area (Å²) in [5.41, 5.74) is 1.59. The number of benzene rings is 1. The van der Waals surface area contributed by atoms with Gasteiger partial charge in [-0.15, -0.1) is 0 Å². The fraction of sp³-hybridized carbons (Fsp3) is 0.667. The zero-order chi connectivity index (χ0) is 18.8. The molecule has 4 nitrogen and oxygen atoms in total. The van der Waals surface area contributed by atoms with E-state index < -0.39 is 0 Å². The van der Waals surface area contributed by atoms with Crippen molar-refractivity contribution in [2.75, 3.05) is 26.3 Å². The molecule has 0 unspecified atom stereocenters. The van der Waals surface area contributed by atoms with E-state index in [0.717, 1.165) is 31.5 Å². The van der Waals surface area contributed by atoms with Crippen LogP contribution in [0.25, 0.3) is 0 Å². The molecule has 1 aromatic carbocycles. The van der Waals surface area contributed by atoms with Gasteiger partial charge in [0.1, 0.15) is 17.9 Å². The van der Waals surface area contributed by atoms with E-state index >= 15 is 0 Å². The monoisotopic (exact) mass is 349 g/mol. The summed E-state index contributed by atoms with van der Waals surface area (Å²) in [5.74, 6) is 0.884. The van der Waals surface area contributed by atoms with Gasteiger partial charge in [-0.25, -0.2) is 4.79 Å². The molecule has 0 amide bonds. The number of nitrogens with zero attached hydrogens (tertiary/aromatic N) is 1. The lowest BCUT2D eigenvalue weighted by Gasteiger charge is -2.30. The fourth-order valence-corrected chi connectivity index (χ4v) is 2.99. The zero-order valence-corrected chi connectivity index (χ0v) is 16.8. The Morgan fingerprint density at radius 2 is 1.84 bits per heavy atom. The SMILES string of the molecule is CCCOc1cc(C)ccc1C(=O)OC[C@H](CC(C)C)N(CC)CC. The first-order valence-corrected chi connectivity index (χ1v) is 9.57. The Bertz CT molecular complexity index is 524. The molecule has 0 aromatic heterocycles. The van der Waals surface area contributed by atoms with Crippen LogP contribution in [-0.2, 0) is 4.74 Å². The van der Waals surface area contributed by atoms with Gasteiger partial charge in [0.05, 0.1) is 6.61 Å². The minimum atomic E-state index is -0.299. The smallest absolute Gasteiger partial charge is 0.341 e. The molecule has 25 heavy (non-hydrogen) atoms. The van der Waals surface area contributed by atoms with E-state index in [4.69, 9.17) is 9.47 Å². The minimum Gasteiger partial charge on any atom is -0.493 e. The van der Waals surface area contributed by atoms with Crippen LogP contribution in [0.3, 0.4) is 0 Å². The molecule has 0 N–H and O–H groups in total. The van der Waals surface area contributed by atoms with Gasteiger partial charge in [-0.05, 0) is 56.5 Å². The first kappa shape index (κ1) is 21.5. The fourth-order valence-electron chi connectivity index (χ4n) is 2.99. The summed E-state index contributed by atoms with van der Waals surface area (Å²) >= 11 is 0. The van der Waals surface area contributed by atoms with Crippen LogP contribution in [0.4, 0.5) is 0 Å². The number of hydrogen-bond acceptors (Lipinski definition) is 4. The maximum absolute atomic E-state index is 12.6. The topological polar surface area (TPSA) is 38.8 Å². The van der Waals surface area contributed by atoms with Crippen molar-refractivity contribution in [3.05, 3.63) is 29.3 Å². The number of hydrogen-bond donors (Lipinski definition) is 0. The zero-order valence-electron chi connectivity index (χ0n) is 16.8. The van der Waals surface area contributed by atoms with E-state index in [1.165, 1.54) is 0 Å². The van der Waals surface area contributed by atoms with E-state index in [9.17, 15) is 4.79 Å². The number of carbonyl (C=O) groups is 1. The molecule has 0 radical (unpaired) electrons. The summed E-state index contributed by atoms with van der Waals surface area (Å²) in [6, 6.07) is 5.88. The van der Waals surface area contributed by atoms with Crippen LogP contribution >= 0.6 is 0 Å². The Morgan fingerprint density at radius 1 is 1.16 bits per heavy atom. The third kappa shape index (κ3) is 7.07. The molecule has 1 atom stereocenters. The van der Waals surface area contributed by atoms with Crippen molar-refractivity contribution in [3.63, 3.8) is 0 Å². The lowest BCUT2D eigenvalue weighted by Crippen LogP contribution is -2.40. The van der Waals surface area contributed by atoms with Crippen LogP contribution in [0.15, 0.2) is 18.2 Å². The molecule has 0 saturated heterocycles. The number of rotatable bonds is 11. The van der Waals surface area contributed by atoms with Gasteiger partial charge in [-0.2, -0.15) is 0 Å². The molecule has 142 valence electrons. The molecule has 0 aliphatic heterocycles. The third-order valence-electron chi connectivity index (χ3n) is 4.30. The highest BCUT2D eigenvalue weighted by molar-refractivity contribution is 5.92. The number of ether oxygens (including phenoxy) is 2. The van der Waals surface area contributed by atoms with Crippen molar-refractivity contribution in [1.29, 1.82) is 0 Å². The van der Waals surface area contributed by atoms with Crippen molar-refractivity contribution in [1.82, 2.24) is 4.90 Å². The van der Waals surface area contributed by atoms with Gasteiger partial charge in [0.25, 0.3) is 0 Å². The Kier molecular flexibility index (Phi) is 9.58. The average Bonchev–Trinajstić information content (AvgIpc) is 2.58. The van der Waals surface area contributed by atoms with E-state index in [-0.39, 0.29) is 12.0 Å². The quantitative estimate of drug-likeness (QED) is 0.543. The first-order chi connectivity index (χ1) is 11.9. The summed E-state index contributed by atoms with van der Waals surface area (Å²) in [7, 11) is 0. The van der Waals surface area contributed by atoms with Crippen molar-refractivity contribution in [2.24, 2.45) is 5.92 Å². The largest absolute Gasteiger partial charge is 0.493 e. The van der Waals surface area contributed by atoms with Crippen molar-refractivity contribution >= 4 is 5.97 Å². The molecule has 0 saturated carbocycles. The van der Waals surface area contributed by atoms with Crippen LogP contribution in [-0.4, -0.2) is 43.2 Å². The molecule has 0 aliphatic rings. The van der Waals surface area contributed by atoms with Crippen LogP contribution < -0.4 is 4.74 Å². The van der Waals surface area contributed by atoms with E-state index in [1.807, 2.05) is 26.0 Å².